The molecule has 4 rings (SSSR count). The van der Waals surface area contributed by atoms with Crippen LogP contribution in [0.3, 0.4) is 0 Å². The van der Waals surface area contributed by atoms with Gasteiger partial charge in [-0.1, -0.05) is 95.3 Å². The van der Waals surface area contributed by atoms with Crippen molar-refractivity contribution >= 4 is 35.3 Å². The van der Waals surface area contributed by atoms with Crippen LogP contribution in [-0.4, -0.2) is 158 Å². The summed E-state index contributed by atoms with van der Waals surface area (Å²) < 4.78 is 5.74. The second-order valence-corrected chi connectivity index (χ2v) is 18.8. The van der Waals surface area contributed by atoms with Crippen LogP contribution in [-0.2, 0) is 23.9 Å². The number of ether oxygens (including phenoxy) is 1. The largest absolute Gasteiger partial charge is 0.379 e. The van der Waals surface area contributed by atoms with E-state index < -0.39 is 12.1 Å². The van der Waals surface area contributed by atoms with Crippen LogP contribution < -0.4 is 5.32 Å². The number of carbonyl (C=O) groups excluding carboxylic acids is 4. The summed E-state index contributed by atoms with van der Waals surface area (Å²) in [7, 11) is 7.03. The van der Waals surface area contributed by atoms with Gasteiger partial charge in [-0.05, 0) is 75.7 Å². The molecule has 2 fully saturated rings. The molecule has 2 aromatic rings. The molecule has 328 valence electrons. The van der Waals surface area contributed by atoms with E-state index in [4.69, 9.17) is 4.74 Å². The molecule has 0 radical (unpaired) electrons. The van der Waals surface area contributed by atoms with E-state index in [-0.39, 0.29) is 71.6 Å². The summed E-state index contributed by atoms with van der Waals surface area (Å²) in [6.07, 6.45) is 5.28. The van der Waals surface area contributed by atoms with Crippen molar-refractivity contribution in [1.29, 1.82) is 0 Å². The maximum atomic E-state index is 13.8. The number of benzene rings is 2. The average Bonchev–Trinajstić information content (AvgIpc) is 3.69. The van der Waals surface area contributed by atoms with Crippen molar-refractivity contribution in [3.05, 3.63) is 71.8 Å². The summed E-state index contributed by atoms with van der Waals surface area (Å²) in [5.74, 6) is -0.205. The zero-order valence-electron chi connectivity index (χ0n) is 37.6. The number of amides is 3. The molecule has 2 aromatic carbocycles. The summed E-state index contributed by atoms with van der Waals surface area (Å²) in [5.41, 5.74) is 2.55. The van der Waals surface area contributed by atoms with E-state index in [0.717, 1.165) is 58.5 Å². The van der Waals surface area contributed by atoms with Gasteiger partial charge in [0, 0.05) is 76.9 Å². The number of hydrogen-bond acceptors (Lipinski definition) is 9. The van der Waals surface area contributed by atoms with Crippen LogP contribution in [0.5, 0.6) is 0 Å². The van der Waals surface area contributed by atoms with Gasteiger partial charge in [0.25, 0.3) is 0 Å². The van der Waals surface area contributed by atoms with Gasteiger partial charge < -0.3 is 19.9 Å². The van der Waals surface area contributed by atoms with Crippen molar-refractivity contribution < 1.29 is 23.9 Å². The van der Waals surface area contributed by atoms with Crippen LogP contribution >= 0.6 is 11.8 Å². The maximum absolute atomic E-state index is 13.8. The fourth-order valence-corrected chi connectivity index (χ4v) is 9.96. The lowest BCUT2D eigenvalue weighted by molar-refractivity contribution is -0.140. The number of rotatable bonds is 22. The number of piperazine rings is 1. The smallest absolute Gasteiger partial charge is 0.245 e. The Morgan fingerprint density at radius 3 is 1.93 bits per heavy atom. The third-order valence-corrected chi connectivity index (χ3v) is 13.6. The molecule has 6 atom stereocenters. The molecule has 0 bridgehead atoms. The minimum Gasteiger partial charge on any atom is -0.379 e. The molecule has 3 amide bonds. The number of likely N-dealkylation sites (tertiary alicyclic amines) is 1. The highest BCUT2D eigenvalue weighted by molar-refractivity contribution is 7.99. The Morgan fingerprint density at radius 2 is 1.42 bits per heavy atom. The predicted molar refractivity (Wildman–Crippen MR) is 240 cm³/mol. The Balaban J connectivity index is 1.26. The van der Waals surface area contributed by atoms with Gasteiger partial charge in [-0.2, -0.15) is 11.8 Å². The van der Waals surface area contributed by atoms with Gasteiger partial charge in [-0.25, -0.2) is 0 Å². The zero-order valence-corrected chi connectivity index (χ0v) is 38.5. The Bertz CT molecular complexity index is 1560. The fraction of sp³-hybridized carbons (Fsp3) is 0.660. The van der Waals surface area contributed by atoms with E-state index in [1.165, 1.54) is 11.1 Å². The molecule has 1 N–H and O–H groups in total. The standard InChI is InChI=1S/C47H74N6O5S/c1-33(2)43(48-46(56)44(34(3)4)49(6)7)47(57)50(8)32-38(58-9)30-40(54)35(5)23-25-51-24-17-22-39(51)41(59-10)31-42(55)52-26-28-53(29-27-52)45(36-18-13-11-14-19-36)37-20-15-12-16-21-37/h11-16,18-21,33-35,38-39,41,43-45H,17,22-32H2,1-10H3,(H,48,56). The van der Waals surface area contributed by atoms with Crippen molar-refractivity contribution in [2.75, 3.05) is 80.3 Å². The lowest BCUT2D eigenvalue weighted by atomic mass is 9.96. The van der Waals surface area contributed by atoms with E-state index in [1.807, 2.05) is 53.6 Å². The van der Waals surface area contributed by atoms with Crippen LogP contribution in [0.15, 0.2) is 60.7 Å². The molecule has 2 aliphatic rings. The fourth-order valence-electron chi connectivity index (χ4n) is 9.03. The Labute approximate surface area is 359 Å². The van der Waals surface area contributed by atoms with Crippen LogP contribution in [0.25, 0.3) is 0 Å². The molecule has 59 heavy (non-hydrogen) atoms. The van der Waals surface area contributed by atoms with Gasteiger partial charge >= 0.3 is 0 Å². The van der Waals surface area contributed by atoms with Crippen molar-refractivity contribution in [2.24, 2.45) is 17.8 Å². The van der Waals surface area contributed by atoms with E-state index >= 15 is 0 Å². The highest BCUT2D eigenvalue weighted by atomic mass is 32.2. The number of likely N-dealkylation sites (N-methyl/N-ethyl adjacent to an activating group) is 2. The van der Waals surface area contributed by atoms with Crippen molar-refractivity contribution in [3.63, 3.8) is 0 Å². The van der Waals surface area contributed by atoms with Gasteiger partial charge in [0.1, 0.15) is 11.8 Å². The minimum atomic E-state index is -0.683. The van der Waals surface area contributed by atoms with Crippen LogP contribution in [0.1, 0.15) is 83.9 Å². The Hall–Kier alpha value is -3.29. The number of nitrogens with one attached hydrogen (secondary N) is 1. The monoisotopic (exact) mass is 835 g/mol. The van der Waals surface area contributed by atoms with Gasteiger partial charge in [-0.3, -0.25) is 33.9 Å². The first-order chi connectivity index (χ1) is 28.2. The number of nitrogens with zero attached hydrogens (tertiary/aromatic N) is 5. The molecule has 12 heteroatoms. The van der Waals surface area contributed by atoms with Crippen molar-refractivity contribution in [1.82, 2.24) is 29.8 Å². The van der Waals surface area contributed by atoms with Gasteiger partial charge in [0.05, 0.1) is 18.2 Å². The van der Waals surface area contributed by atoms with Crippen LogP contribution in [0.4, 0.5) is 0 Å². The van der Waals surface area contributed by atoms with E-state index in [2.05, 4.69) is 86.9 Å². The average molecular weight is 835 g/mol. The molecular formula is C47H74N6O5S. The van der Waals surface area contributed by atoms with Gasteiger partial charge in [0.2, 0.25) is 17.7 Å². The number of Topliss-reactive ketones (excluding diaryl/α,β-unsaturated/α-hetero) is 1. The predicted octanol–water partition coefficient (Wildman–Crippen LogP) is 5.69. The molecule has 0 aromatic heterocycles. The molecule has 2 aliphatic heterocycles. The molecule has 2 heterocycles. The maximum Gasteiger partial charge on any atom is 0.245 e. The molecule has 0 aliphatic carbocycles. The molecule has 0 spiro atoms. The number of thioether (sulfide) groups is 1. The quantitative estimate of drug-likeness (QED) is 0.160. The van der Waals surface area contributed by atoms with E-state index in [0.29, 0.717) is 12.5 Å². The zero-order chi connectivity index (χ0) is 43.2. The number of hydrogen-bond donors (Lipinski definition) is 1. The molecule has 0 saturated carbocycles. The molecule has 2 saturated heterocycles. The first-order valence-corrected chi connectivity index (χ1v) is 23.1. The topological polar surface area (TPSA) is 106 Å². The third kappa shape index (κ3) is 13.6. The normalized spacial score (nSPS) is 19.2. The van der Waals surface area contributed by atoms with E-state index in [9.17, 15) is 19.2 Å². The first kappa shape index (κ1) is 48.4. The minimum absolute atomic E-state index is 0.0845. The second-order valence-electron chi connectivity index (χ2n) is 17.7. The molecule has 6 unspecified atom stereocenters. The summed E-state index contributed by atoms with van der Waals surface area (Å²) in [5, 5.41) is 3.20. The van der Waals surface area contributed by atoms with Crippen molar-refractivity contribution in [3.8, 4) is 0 Å². The summed E-state index contributed by atoms with van der Waals surface area (Å²) >= 11 is 1.79. The second kappa shape index (κ2) is 23.6. The third-order valence-electron chi connectivity index (χ3n) is 12.5. The highest BCUT2D eigenvalue weighted by Crippen LogP contribution is 2.32. The number of carbonyl (C=O) groups is 4. The molecular weight excluding hydrogens is 761 g/mol. The van der Waals surface area contributed by atoms with Gasteiger partial charge in [-0.15, -0.1) is 0 Å². The summed E-state index contributed by atoms with van der Waals surface area (Å²) in [6.45, 7) is 15.0. The highest BCUT2D eigenvalue weighted by Gasteiger charge is 2.36. The Kier molecular flexibility index (Phi) is 19.4. The first-order valence-electron chi connectivity index (χ1n) is 21.8. The lowest BCUT2D eigenvalue weighted by Crippen LogP contribution is -2.56. The number of methoxy groups -OCH3 is 1. The number of ketones is 1. The molecule has 11 nitrogen and oxygen atoms in total. The lowest BCUT2D eigenvalue weighted by Gasteiger charge is -2.40. The van der Waals surface area contributed by atoms with Crippen LogP contribution in [0, 0.1) is 17.8 Å². The van der Waals surface area contributed by atoms with Crippen LogP contribution in [0.2, 0.25) is 0 Å². The Morgan fingerprint density at radius 1 is 0.831 bits per heavy atom. The summed E-state index contributed by atoms with van der Waals surface area (Å²) in [6, 6.07) is 20.7. The van der Waals surface area contributed by atoms with Gasteiger partial charge in [0.15, 0.2) is 0 Å². The van der Waals surface area contributed by atoms with E-state index in [1.54, 1.807) is 30.8 Å². The summed E-state index contributed by atoms with van der Waals surface area (Å²) in [4.78, 5) is 64.7. The van der Waals surface area contributed by atoms with Crippen molar-refractivity contribution in [2.45, 2.75) is 102 Å². The SMILES string of the molecule is COC(CC(=O)C(C)CCN1CCCC1C(CC(=O)N1CCN(C(c2ccccc2)c2ccccc2)CC1)SC)CN(C)C(=O)C(NC(=O)C(C(C)C)N(C)C)C(C)C.